The number of rotatable bonds is 2. The summed E-state index contributed by atoms with van der Waals surface area (Å²) in [7, 11) is 0. The van der Waals surface area contributed by atoms with Crippen molar-refractivity contribution in [3.05, 3.63) is 34.7 Å². The number of nitriles is 1. The van der Waals surface area contributed by atoms with Crippen molar-refractivity contribution in [1.82, 2.24) is 0 Å². The van der Waals surface area contributed by atoms with Crippen LogP contribution in [0.15, 0.2) is 29.4 Å². The molecular weight excluding hydrogens is 164 g/mol. The summed E-state index contributed by atoms with van der Waals surface area (Å²) in [6.45, 7) is 0. The van der Waals surface area contributed by atoms with Crippen LogP contribution in [0.5, 0.6) is 0 Å². The van der Waals surface area contributed by atoms with Crippen molar-refractivity contribution < 1.29 is 0 Å². The Labute approximate surface area is 76.0 Å². The molecule has 2 rings (SSSR count). The molecule has 1 aliphatic rings. The smallest absolute Gasteiger partial charge is 0.112 e. The molecule has 1 fully saturated rings. The molecule has 0 unspecified atom stereocenters. The highest BCUT2D eigenvalue weighted by molar-refractivity contribution is 5.55. The van der Waals surface area contributed by atoms with Gasteiger partial charge in [-0.25, -0.2) is 0 Å². The van der Waals surface area contributed by atoms with Gasteiger partial charge in [0.25, 0.3) is 0 Å². The Kier molecular flexibility index (Phi) is 1.63. The van der Waals surface area contributed by atoms with Gasteiger partial charge in [0.05, 0.1) is 11.5 Å². The van der Waals surface area contributed by atoms with Crippen LogP contribution in [0.3, 0.4) is 0 Å². The second-order valence-corrected chi connectivity index (χ2v) is 3.30. The lowest BCUT2D eigenvalue weighted by molar-refractivity contribution is 0.908. The number of hydrogen-bond acceptors (Lipinski definition) is 3. The van der Waals surface area contributed by atoms with Gasteiger partial charge in [-0.1, -0.05) is 18.2 Å². The molecule has 0 saturated heterocycles. The lowest BCUT2D eigenvalue weighted by Crippen LogP contribution is -2.02. The highest BCUT2D eigenvalue weighted by Gasteiger charge is 2.46. The third kappa shape index (κ3) is 1.11. The standard InChI is InChI=1S/C10H8N2O/c11-7-10(5-6-10)8-3-1-2-4-9(8)12-13/h1-4H,5-6H2. The van der Waals surface area contributed by atoms with E-state index in [1.54, 1.807) is 12.1 Å². The van der Waals surface area contributed by atoms with Gasteiger partial charge in [-0.15, -0.1) is 4.91 Å². The molecular formula is C10H8N2O. The second-order valence-electron chi connectivity index (χ2n) is 3.30. The number of hydrogen-bond donors (Lipinski definition) is 0. The molecule has 0 spiro atoms. The first-order chi connectivity index (χ1) is 6.32. The number of benzene rings is 1. The molecule has 3 heteroatoms. The zero-order chi connectivity index (χ0) is 9.31. The van der Waals surface area contributed by atoms with Gasteiger partial charge in [0.2, 0.25) is 0 Å². The van der Waals surface area contributed by atoms with Crippen LogP contribution in [-0.4, -0.2) is 0 Å². The van der Waals surface area contributed by atoms with E-state index in [1.807, 2.05) is 12.1 Å². The lowest BCUT2D eigenvalue weighted by atomic mass is 9.96. The van der Waals surface area contributed by atoms with Gasteiger partial charge < -0.3 is 0 Å². The summed E-state index contributed by atoms with van der Waals surface area (Å²) in [5.74, 6) is 0. The first-order valence-corrected chi connectivity index (χ1v) is 4.16. The summed E-state index contributed by atoms with van der Waals surface area (Å²) < 4.78 is 0. The van der Waals surface area contributed by atoms with Crippen LogP contribution >= 0.6 is 0 Å². The molecule has 0 N–H and O–H groups in total. The van der Waals surface area contributed by atoms with Crippen molar-refractivity contribution in [2.75, 3.05) is 0 Å². The van der Waals surface area contributed by atoms with Crippen molar-refractivity contribution in [2.24, 2.45) is 5.18 Å². The van der Waals surface area contributed by atoms with Crippen molar-refractivity contribution in [3.63, 3.8) is 0 Å². The van der Waals surface area contributed by atoms with Crippen molar-refractivity contribution in [1.29, 1.82) is 5.26 Å². The predicted molar refractivity (Wildman–Crippen MR) is 48.4 cm³/mol. The van der Waals surface area contributed by atoms with E-state index in [9.17, 15) is 4.91 Å². The molecule has 0 radical (unpaired) electrons. The summed E-state index contributed by atoms with van der Waals surface area (Å²) in [6, 6.07) is 9.30. The Morgan fingerprint density at radius 3 is 2.62 bits per heavy atom. The Balaban J connectivity index is 2.52. The van der Waals surface area contributed by atoms with Crippen molar-refractivity contribution in [3.8, 4) is 6.07 Å². The van der Waals surface area contributed by atoms with Crippen LogP contribution in [0.2, 0.25) is 0 Å². The van der Waals surface area contributed by atoms with E-state index in [-0.39, 0.29) is 0 Å². The maximum atomic E-state index is 10.5. The summed E-state index contributed by atoms with van der Waals surface area (Å²) in [5, 5.41) is 11.9. The first-order valence-electron chi connectivity index (χ1n) is 4.16. The molecule has 3 nitrogen and oxygen atoms in total. The fourth-order valence-corrected chi connectivity index (χ4v) is 1.52. The largest absolute Gasteiger partial charge is 0.197 e. The van der Waals surface area contributed by atoms with Gasteiger partial charge in [0.15, 0.2) is 0 Å². The van der Waals surface area contributed by atoms with E-state index in [0.717, 1.165) is 18.4 Å². The molecule has 0 amide bonds. The highest BCUT2D eigenvalue weighted by Crippen LogP contribution is 2.50. The SMILES string of the molecule is N#CC1(c2ccccc2N=O)CC1. The third-order valence-corrected chi connectivity index (χ3v) is 2.48. The van der Waals surface area contributed by atoms with E-state index >= 15 is 0 Å². The molecule has 1 aliphatic carbocycles. The minimum absolute atomic E-state index is 0.404. The Bertz CT molecular complexity index is 388. The third-order valence-electron chi connectivity index (χ3n) is 2.48. The summed E-state index contributed by atoms with van der Waals surface area (Å²) in [4.78, 5) is 10.5. The van der Waals surface area contributed by atoms with Gasteiger partial charge in [-0.3, -0.25) is 0 Å². The number of nitroso groups, excluding NO2 is 1. The first kappa shape index (κ1) is 7.93. The quantitative estimate of drug-likeness (QED) is 0.644. The second kappa shape index (κ2) is 2.67. The summed E-state index contributed by atoms with van der Waals surface area (Å²) in [5.41, 5.74) is 0.777. The molecule has 0 aromatic heterocycles. The Hall–Kier alpha value is -1.69. The van der Waals surface area contributed by atoms with Crippen molar-refractivity contribution >= 4 is 5.69 Å². The Morgan fingerprint density at radius 1 is 1.38 bits per heavy atom. The van der Waals surface area contributed by atoms with Crippen LogP contribution in [0.25, 0.3) is 0 Å². The average molecular weight is 172 g/mol. The van der Waals surface area contributed by atoms with Crippen LogP contribution in [0, 0.1) is 16.2 Å². The minimum atomic E-state index is -0.412. The maximum absolute atomic E-state index is 10.5. The van der Waals surface area contributed by atoms with E-state index in [2.05, 4.69) is 11.2 Å². The number of nitrogens with zero attached hydrogens (tertiary/aromatic N) is 2. The fourth-order valence-electron chi connectivity index (χ4n) is 1.52. The van der Waals surface area contributed by atoms with Crippen LogP contribution < -0.4 is 0 Å². The maximum Gasteiger partial charge on any atom is 0.112 e. The minimum Gasteiger partial charge on any atom is -0.197 e. The molecule has 0 heterocycles. The zero-order valence-corrected chi connectivity index (χ0v) is 7.03. The van der Waals surface area contributed by atoms with Crippen LogP contribution in [-0.2, 0) is 5.41 Å². The average Bonchev–Trinajstić information content (AvgIpc) is 2.98. The van der Waals surface area contributed by atoms with Gasteiger partial charge in [0.1, 0.15) is 5.69 Å². The van der Waals surface area contributed by atoms with E-state index in [0.29, 0.717) is 5.69 Å². The molecule has 0 atom stereocenters. The fraction of sp³-hybridized carbons (Fsp3) is 0.300. The summed E-state index contributed by atoms with van der Waals surface area (Å²) >= 11 is 0. The predicted octanol–water partition coefficient (Wildman–Crippen LogP) is 2.64. The molecule has 0 aliphatic heterocycles. The van der Waals surface area contributed by atoms with Crippen molar-refractivity contribution in [2.45, 2.75) is 18.3 Å². The molecule has 1 saturated carbocycles. The van der Waals surface area contributed by atoms with Gasteiger partial charge in [0, 0.05) is 5.56 Å². The molecule has 64 valence electrons. The van der Waals surface area contributed by atoms with E-state index in [4.69, 9.17) is 5.26 Å². The molecule has 13 heavy (non-hydrogen) atoms. The van der Waals surface area contributed by atoms with Gasteiger partial charge in [-0.05, 0) is 24.1 Å². The normalized spacial score (nSPS) is 17.5. The van der Waals surface area contributed by atoms with Gasteiger partial charge >= 0.3 is 0 Å². The van der Waals surface area contributed by atoms with E-state index in [1.165, 1.54) is 0 Å². The molecule has 0 bridgehead atoms. The molecule has 1 aromatic carbocycles. The van der Waals surface area contributed by atoms with Crippen LogP contribution in [0.4, 0.5) is 5.69 Å². The highest BCUT2D eigenvalue weighted by atomic mass is 16.3. The Morgan fingerprint density at radius 2 is 2.08 bits per heavy atom. The zero-order valence-electron chi connectivity index (χ0n) is 7.03. The molecule has 1 aromatic rings. The van der Waals surface area contributed by atoms with Crippen LogP contribution in [0.1, 0.15) is 18.4 Å². The lowest BCUT2D eigenvalue weighted by Gasteiger charge is -2.06. The topological polar surface area (TPSA) is 53.2 Å². The van der Waals surface area contributed by atoms with E-state index < -0.39 is 5.41 Å². The monoisotopic (exact) mass is 172 g/mol. The summed E-state index contributed by atoms with van der Waals surface area (Å²) in [6.07, 6.45) is 1.69. The van der Waals surface area contributed by atoms with Gasteiger partial charge in [-0.2, -0.15) is 5.26 Å².